The molecule has 0 unspecified atom stereocenters. The van der Waals surface area contributed by atoms with E-state index in [0.717, 1.165) is 54.8 Å². The molecule has 3 aromatic heterocycles. The maximum absolute atomic E-state index is 13.4. The number of nitrogens with one attached hydrogen (secondary N) is 3. The number of benzene rings is 4. The number of carbonyl (C=O) groups excluding carboxylic acids is 6. The molecule has 4 aromatic carbocycles. The molecule has 9 amide bonds. The third-order valence-corrected chi connectivity index (χ3v) is 19.1. The topological polar surface area (TPSA) is 206 Å². The molecule has 6 heterocycles. The average molecular weight is 1440 g/mol. The highest BCUT2D eigenvalue weighted by Crippen LogP contribution is 2.45. The second kappa shape index (κ2) is 30.1. The number of ether oxygens (including phenoxy) is 1. The molecule has 0 aliphatic carbocycles. The van der Waals surface area contributed by atoms with Gasteiger partial charge in [0, 0.05) is 73.0 Å². The highest BCUT2D eigenvalue weighted by Gasteiger charge is 2.54. The first-order valence-electron chi connectivity index (χ1n) is 29.2. The molecule has 7 aromatic rings. The number of aromatic nitrogens is 3. The van der Waals surface area contributed by atoms with Gasteiger partial charge in [-0.05, 0) is 204 Å². The van der Waals surface area contributed by atoms with Crippen molar-refractivity contribution in [3.05, 3.63) is 171 Å². The molecule has 19 nitrogen and oxygen atoms in total. The summed E-state index contributed by atoms with van der Waals surface area (Å²) in [5, 5.41) is 9.42. The Bertz CT molecular complexity index is 4080. The fraction of sp³-hybridized carbons (Fsp3) is 0.308. The zero-order chi connectivity index (χ0) is 70.4. The third-order valence-electron chi connectivity index (χ3n) is 15.4. The molecule has 508 valence electrons. The van der Waals surface area contributed by atoms with Gasteiger partial charge in [-0.1, -0.05) is 46.9 Å². The van der Waals surface area contributed by atoms with E-state index in [1.54, 1.807) is 116 Å². The highest BCUT2D eigenvalue weighted by atomic mass is 35.5. The summed E-state index contributed by atoms with van der Waals surface area (Å²) in [5.74, 6) is 1.47. The summed E-state index contributed by atoms with van der Waals surface area (Å²) in [6.07, 6.45) is 6.81. The van der Waals surface area contributed by atoms with E-state index in [-0.39, 0.29) is 86.3 Å². The van der Waals surface area contributed by atoms with E-state index in [9.17, 15) is 55.1 Å². The second-order valence-corrected chi connectivity index (χ2v) is 27.3. The monoisotopic (exact) mass is 1440 g/mol. The number of carbonyl (C=O) groups is 6. The Balaban J connectivity index is 0.000000185. The zero-order valence-electron chi connectivity index (χ0n) is 53.2. The Morgan fingerprint density at radius 1 is 0.479 bits per heavy atom. The van der Waals surface area contributed by atoms with E-state index in [1.165, 1.54) is 50.7 Å². The minimum absolute atomic E-state index is 0.114. The molecule has 3 saturated heterocycles. The summed E-state index contributed by atoms with van der Waals surface area (Å²) in [6, 6.07) is 29.5. The van der Waals surface area contributed by atoms with Crippen LogP contribution in [0, 0.1) is 0 Å². The average Bonchev–Trinajstić information content (AvgIpc) is 1.61. The molecule has 96 heavy (non-hydrogen) atoms. The summed E-state index contributed by atoms with van der Waals surface area (Å²) >= 11 is 19.1. The number of urea groups is 3. The number of pyridine rings is 3. The largest absolute Gasteiger partial charge is 0.497 e. The second-order valence-electron chi connectivity index (χ2n) is 23.0. The summed E-state index contributed by atoms with van der Waals surface area (Å²) < 4.78 is 81.1. The lowest BCUT2D eigenvalue weighted by Gasteiger charge is -2.27. The predicted octanol–water partition coefficient (Wildman–Crippen LogP) is 16.5. The minimum atomic E-state index is -4.50. The number of nitrogens with zero attached hydrogens (tertiary/aromatic N) is 9. The van der Waals surface area contributed by atoms with Crippen molar-refractivity contribution in [2.24, 2.45) is 0 Å². The lowest BCUT2D eigenvalue weighted by Crippen LogP contribution is -2.43. The molecule has 3 fully saturated rings. The molecule has 3 aliphatic heterocycles. The molecule has 0 spiro atoms. The smallest absolute Gasteiger partial charge is 0.446 e. The van der Waals surface area contributed by atoms with Crippen molar-refractivity contribution in [3.63, 3.8) is 0 Å². The lowest BCUT2D eigenvalue weighted by molar-refractivity contribution is -0.124. The lowest BCUT2D eigenvalue weighted by atomic mass is 10.0. The van der Waals surface area contributed by atoms with Crippen LogP contribution < -0.4 is 35.4 Å². The van der Waals surface area contributed by atoms with Crippen molar-refractivity contribution < 1.29 is 59.8 Å². The first-order chi connectivity index (χ1) is 45.1. The molecule has 10 rings (SSSR count). The van der Waals surface area contributed by atoms with E-state index in [1.807, 2.05) is 55.6 Å². The molecule has 0 atom stereocenters. The fourth-order valence-corrected chi connectivity index (χ4v) is 12.7. The zero-order valence-corrected chi connectivity index (χ0v) is 58.0. The summed E-state index contributed by atoms with van der Waals surface area (Å²) in [5.41, 5.74) is -8.15. The molecular weight excluding hydrogens is 1380 g/mol. The van der Waals surface area contributed by atoms with E-state index >= 15 is 0 Å². The number of alkyl halides is 6. The van der Waals surface area contributed by atoms with Gasteiger partial charge in [-0.3, -0.25) is 14.4 Å². The maximum Gasteiger partial charge on any atom is 0.446 e. The van der Waals surface area contributed by atoms with Crippen LogP contribution >= 0.6 is 70.1 Å². The van der Waals surface area contributed by atoms with Crippen LogP contribution in [0.3, 0.4) is 0 Å². The van der Waals surface area contributed by atoms with Crippen LogP contribution in [0.5, 0.6) is 5.75 Å². The minimum Gasteiger partial charge on any atom is -0.497 e. The first-order valence-corrected chi connectivity index (χ1v) is 33.2. The van der Waals surface area contributed by atoms with Gasteiger partial charge in [-0.2, -0.15) is 26.3 Å². The normalized spacial score (nSPS) is 15.8. The number of imide groups is 3. The number of amides is 9. The first kappa shape index (κ1) is 73.7. The van der Waals surface area contributed by atoms with Crippen LogP contribution in [0.1, 0.15) is 70.7 Å². The highest BCUT2D eigenvalue weighted by molar-refractivity contribution is 8.00. The molecular formula is C65H65Cl3F6N12O7S3. The number of rotatable bonds is 19. The van der Waals surface area contributed by atoms with Crippen molar-refractivity contribution >= 4 is 140 Å². The molecule has 0 radical (unpaired) electrons. The van der Waals surface area contributed by atoms with Gasteiger partial charge in [0.15, 0.2) is 0 Å². The van der Waals surface area contributed by atoms with Gasteiger partial charge in [0.1, 0.15) is 39.8 Å². The van der Waals surface area contributed by atoms with E-state index in [4.69, 9.17) is 39.5 Å². The van der Waals surface area contributed by atoms with Crippen LogP contribution in [-0.2, 0) is 40.6 Å². The fourth-order valence-electron chi connectivity index (χ4n) is 10.2. The van der Waals surface area contributed by atoms with Gasteiger partial charge in [0.25, 0.3) is 17.7 Å². The number of halogens is 9. The number of hydrogen-bond donors (Lipinski definition) is 3. The summed E-state index contributed by atoms with van der Waals surface area (Å²) in [4.78, 5) is 99.6. The van der Waals surface area contributed by atoms with Crippen LogP contribution in [-0.4, -0.2) is 120 Å². The summed E-state index contributed by atoms with van der Waals surface area (Å²) in [6.45, 7) is 13.8. The third kappa shape index (κ3) is 17.0. The number of thioether (sulfide) groups is 3. The molecule has 3 aliphatic rings. The van der Waals surface area contributed by atoms with Crippen molar-refractivity contribution in [1.82, 2.24) is 29.7 Å². The summed E-state index contributed by atoms with van der Waals surface area (Å²) in [7, 11) is 3.35. The van der Waals surface area contributed by atoms with E-state index in [2.05, 4.69) is 30.9 Å². The maximum atomic E-state index is 13.4. The van der Waals surface area contributed by atoms with Gasteiger partial charge in [0.05, 0.1) is 39.2 Å². The number of anilines is 6. The Labute approximate surface area is 577 Å². The van der Waals surface area contributed by atoms with Gasteiger partial charge in [-0.25, -0.2) is 44.0 Å². The van der Waals surface area contributed by atoms with E-state index in [0.29, 0.717) is 41.3 Å². The van der Waals surface area contributed by atoms with Crippen LogP contribution in [0.15, 0.2) is 149 Å². The number of methoxy groups -OCH3 is 1. The Morgan fingerprint density at radius 3 is 1.15 bits per heavy atom. The van der Waals surface area contributed by atoms with Gasteiger partial charge < -0.3 is 35.4 Å². The van der Waals surface area contributed by atoms with Gasteiger partial charge in [0.2, 0.25) is 0 Å². The van der Waals surface area contributed by atoms with Crippen LogP contribution in [0.4, 0.5) is 75.2 Å². The van der Waals surface area contributed by atoms with Crippen molar-refractivity contribution in [2.75, 3.05) is 57.6 Å². The standard InChI is InChI=1S/C26H27ClN4O3S.C20H20ClF3N4O2S.C19H18ClF3N4O2S/c1-26(2)24(32)31(19-7-10-22(35-4)21(27)14-19)25(33)30(26)16-18-11-12-28-23(13-18)29-15-17-5-8-20(34-3)9-6-17;1-4-25-16-9-12(7-8-26-16)11-27-18(30)28(17(29)19(27,2)3)13-5-6-15(14(21)10-13)31-20(22,23)24;1-18(2)16(28)27(12-4-5-14(13(20)9-12)30-19(21,22)23)17(29)26(18)10-11-6-7-25-15(8-11)24-3/h5-14H,15-16H2,1-4H3,(H,28,29);5-10H,4,11H2,1-3H3,(H,25,26);4-9H,10H2,1-3H3,(H,24,25). The SMILES string of the molecule is CCNc1cc(CN2C(=O)N(c3ccc(SC(F)(F)F)c(Cl)c3)C(=O)C2(C)C)ccn1.CNc1cc(CN2C(=O)N(c3ccc(SC(F)(F)F)c(Cl)c3)C(=O)C2(C)C)ccn1.COc1ccc(CNc2cc(CN3C(=O)N(c4ccc(SC)c(Cl)c4)C(=O)C3(C)C)ccn2)cc1. The van der Waals surface area contributed by atoms with Crippen LogP contribution in [0.25, 0.3) is 0 Å². The van der Waals surface area contributed by atoms with Gasteiger partial charge in [-0.15, -0.1) is 11.8 Å². The molecule has 31 heteroatoms. The predicted molar refractivity (Wildman–Crippen MR) is 364 cm³/mol. The van der Waals surface area contributed by atoms with Crippen LogP contribution in [0.2, 0.25) is 15.1 Å². The molecule has 3 N–H and O–H groups in total. The van der Waals surface area contributed by atoms with Gasteiger partial charge >= 0.3 is 29.1 Å². The van der Waals surface area contributed by atoms with Crippen molar-refractivity contribution in [3.8, 4) is 5.75 Å². The molecule has 0 saturated carbocycles. The Hall–Kier alpha value is -8.15. The quantitative estimate of drug-likeness (QED) is 0.0391. The van der Waals surface area contributed by atoms with E-state index < -0.39 is 51.5 Å². The molecule has 0 bridgehead atoms. The van der Waals surface area contributed by atoms with Crippen molar-refractivity contribution in [2.45, 2.75) is 117 Å². The van der Waals surface area contributed by atoms with Crippen molar-refractivity contribution in [1.29, 1.82) is 0 Å². The Kier molecular flexibility index (Phi) is 23.1. The number of hydrogen-bond acceptors (Lipinski definition) is 16. The Morgan fingerprint density at radius 2 is 0.823 bits per heavy atom.